The average molecular weight is 385 g/mol. The third kappa shape index (κ3) is 5.97. The summed E-state index contributed by atoms with van der Waals surface area (Å²) >= 11 is 0. The monoisotopic (exact) mass is 385 g/mol. The number of halogens is 3. The third-order valence-corrected chi connectivity index (χ3v) is 5.14. The topological polar surface area (TPSA) is 55.4 Å². The normalized spacial score (nSPS) is 20.8. The molecule has 150 valence electrons. The Morgan fingerprint density at radius 3 is 2.22 bits per heavy atom. The first kappa shape index (κ1) is 21.3. The largest absolute Gasteiger partial charge is 0.455 e. The van der Waals surface area contributed by atoms with Gasteiger partial charge >= 0.3 is 12.1 Å². The van der Waals surface area contributed by atoms with Gasteiger partial charge < -0.3 is 10.1 Å². The van der Waals surface area contributed by atoms with E-state index >= 15 is 0 Å². The molecule has 0 radical (unpaired) electrons. The summed E-state index contributed by atoms with van der Waals surface area (Å²) in [6.45, 7) is 5.95. The first-order valence-electron chi connectivity index (χ1n) is 9.11. The van der Waals surface area contributed by atoms with Gasteiger partial charge in [0, 0.05) is 0 Å². The van der Waals surface area contributed by atoms with Gasteiger partial charge in [-0.15, -0.1) is 0 Å². The smallest absolute Gasteiger partial charge is 0.418 e. The molecular formula is C20H26F3NO3. The Morgan fingerprint density at radius 2 is 1.67 bits per heavy atom. The summed E-state index contributed by atoms with van der Waals surface area (Å²) in [5, 5.41) is 2.17. The number of esters is 1. The lowest BCUT2D eigenvalue weighted by Crippen LogP contribution is -2.31. The zero-order chi connectivity index (χ0) is 20.2. The maximum Gasteiger partial charge on any atom is 0.418 e. The van der Waals surface area contributed by atoms with Crippen molar-refractivity contribution in [1.82, 2.24) is 0 Å². The van der Waals surface area contributed by atoms with Gasteiger partial charge in [0.1, 0.15) is 0 Å². The van der Waals surface area contributed by atoms with E-state index in [2.05, 4.69) is 26.1 Å². The van der Waals surface area contributed by atoms with Crippen LogP contribution in [0, 0.1) is 17.3 Å². The zero-order valence-corrected chi connectivity index (χ0v) is 15.9. The van der Waals surface area contributed by atoms with Crippen molar-refractivity contribution in [2.45, 2.75) is 52.6 Å². The Bertz CT molecular complexity index is 672. The van der Waals surface area contributed by atoms with Crippen LogP contribution in [-0.2, 0) is 20.5 Å². The van der Waals surface area contributed by atoms with E-state index in [-0.39, 0.29) is 17.0 Å². The first-order chi connectivity index (χ1) is 12.5. The van der Waals surface area contributed by atoms with Crippen molar-refractivity contribution >= 4 is 17.6 Å². The van der Waals surface area contributed by atoms with Crippen LogP contribution in [0.4, 0.5) is 18.9 Å². The van der Waals surface area contributed by atoms with E-state index < -0.39 is 30.2 Å². The molecule has 7 heteroatoms. The van der Waals surface area contributed by atoms with Crippen LogP contribution in [-0.4, -0.2) is 18.5 Å². The second-order valence-corrected chi connectivity index (χ2v) is 8.11. The standard InChI is InChI=1S/C20H26F3NO3/c1-19(2,3)14-10-8-13(9-11-14)18(26)27-12-17(25)24-16-7-5-4-6-15(16)20(21,22)23/h4-7,13-14H,8-12H2,1-3H3,(H,24,25). The molecule has 0 aliphatic heterocycles. The van der Waals surface area contributed by atoms with Crippen molar-refractivity contribution in [2.75, 3.05) is 11.9 Å². The third-order valence-electron chi connectivity index (χ3n) is 5.14. The number of para-hydroxylation sites is 1. The summed E-state index contributed by atoms with van der Waals surface area (Å²) in [5.74, 6) is -0.951. The van der Waals surface area contributed by atoms with E-state index in [0.717, 1.165) is 25.0 Å². The number of anilines is 1. The molecule has 1 saturated carbocycles. The Kier molecular flexibility index (Phi) is 6.54. The van der Waals surface area contributed by atoms with Crippen molar-refractivity contribution in [3.63, 3.8) is 0 Å². The highest BCUT2D eigenvalue weighted by Gasteiger charge is 2.34. The minimum atomic E-state index is -4.58. The van der Waals surface area contributed by atoms with E-state index in [9.17, 15) is 22.8 Å². The fourth-order valence-corrected chi connectivity index (χ4v) is 3.48. The van der Waals surface area contributed by atoms with Crippen molar-refractivity contribution in [3.8, 4) is 0 Å². The highest BCUT2D eigenvalue weighted by Crippen LogP contribution is 2.40. The average Bonchev–Trinajstić information content (AvgIpc) is 2.58. The summed E-state index contributed by atoms with van der Waals surface area (Å²) in [4.78, 5) is 24.1. The zero-order valence-electron chi connectivity index (χ0n) is 15.9. The van der Waals surface area contributed by atoms with Crippen LogP contribution in [0.1, 0.15) is 52.0 Å². The maximum atomic E-state index is 12.9. The summed E-state index contributed by atoms with van der Waals surface area (Å²) in [5.41, 5.74) is -1.09. The van der Waals surface area contributed by atoms with Gasteiger partial charge in [-0.05, 0) is 49.1 Å². The second kappa shape index (κ2) is 8.31. The van der Waals surface area contributed by atoms with E-state index in [1.807, 2.05) is 0 Å². The molecule has 4 nitrogen and oxygen atoms in total. The number of hydrogen-bond acceptors (Lipinski definition) is 3. The molecule has 0 heterocycles. The number of rotatable bonds is 4. The molecule has 1 N–H and O–H groups in total. The molecule has 1 amide bonds. The highest BCUT2D eigenvalue weighted by molar-refractivity contribution is 5.93. The molecule has 27 heavy (non-hydrogen) atoms. The lowest BCUT2D eigenvalue weighted by Gasteiger charge is -2.36. The Labute approximate surface area is 157 Å². The SMILES string of the molecule is CC(C)(C)C1CCC(C(=O)OCC(=O)Nc2ccccc2C(F)(F)F)CC1. The van der Waals surface area contributed by atoms with E-state index in [1.165, 1.54) is 12.1 Å². The molecule has 1 aromatic carbocycles. The van der Waals surface area contributed by atoms with Crippen molar-refractivity contribution in [1.29, 1.82) is 0 Å². The van der Waals surface area contributed by atoms with Crippen LogP contribution in [0.5, 0.6) is 0 Å². The lowest BCUT2D eigenvalue weighted by molar-refractivity contribution is -0.153. The second-order valence-electron chi connectivity index (χ2n) is 8.11. The molecule has 1 aromatic rings. The number of carbonyl (C=O) groups is 2. The number of nitrogens with one attached hydrogen (secondary N) is 1. The number of hydrogen-bond donors (Lipinski definition) is 1. The Balaban J connectivity index is 1.84. The molecule has 1 aliphatic carbocycles. The number of benzene rings is 1. The van der Waals surface area contributed by atoms with Gasteiger partial charge in [-0.1, -0.05) is 32.9 Å². The van der Waals surface area contributed by atoms with Gasteiger partial charge in [0.25, 0.3) is 5.91 Å². The molecule has 0 aromatic heterocycles. The van der Waals surface area contributed by atoms with Crippen LogP contribution in [0.25, 0.3) is 0 Å². The summed E-state index contributed by atoms with van der Waals surface area (Å²) in [6, 6.07) is 4.68. The van der Waals surface area contributed by atoms with E-state index in [0.29, 0.717) is 18.8 Å². The van der Waals surface area contributed by atoms with Crippen molar-refractivity contribution in [3.05, 3.63) is 29.8 Å². The van der Waals surface area contributed by atoms with Crippen LogP contribution >= 0.6 is 0 Å². The molecule has 0 unspecified atom stereocenters. The predicted octanol–water partition coefficient (Wildman–Crippen LogP) is 5.04. The van der Waals surface area contributed by atoms with Crippen molar-refractivity contribution < 1.29 is 27.5 Å². The van der Waals surface area contributed by atoms with Gasteiger partial charge in [0.15, 0.2) is 6.61 Å². The van der Waals surface area contributed by atoms with Gasteiger partial charge in [-0.3, -0.25) is 9.59 Å². The number of carbonyl (C=O) groups excluding carboxylic acids is 2. The first-order valence-corrected chi connectivity index (χ1v) is 9.11. The van der Waals surface area contributed by atoms with Crippen LogP contribution in [0.15, 0.2) is 24.3 Å². The molecule has 0 bridgehead atoms. The molecule has 0 spiro atoms. The van der Waals surface area contributed by atoms with Gasteiger partial charge in [-0.25, -0.2) is 0 Å². The highest BCUT2D eigenvalue weighted by atomic mass is 19.4. The van der Waals surface area contributed by atoms with Gasteiger partial charge in [0.2, 0.25) is 0 Å². The molecule has 0 atom stereocenters. The van der Waals surface area contributed by atoms with Gasteiger partial charge in [-0.2, -0.15) is 13.2 Å². The minimum absolute atomic E-state index is 0.195. The molecular weight excluding hydrogens is 359 g/mol. The molecule has 1 fully saturated rings. The molecule has 0 saturated heterocycles. The molecule has 2 rings (SSSR count). The van der Waals surface area contributed by atoms with Crippen LogP contribution < -0.4 is 5.32 Å². The maximum absolute atomic E-state index is 12.9. The minimum Gasteiger partial charge on any atom is -0.455 e. The fraction of sp³-hybridized carbons (Fsp3) is 0.600. The van der Waals surface area contributed by atoms with Crippen LogP contribution in [0.2, 0.25) is 0 Å². The number of ether oxygens (including phenoxy) is 1. The quantitative estimate of drug-likeness (QED) is 0.739. The summed E-state index contributed by atoms with van der Waals surface area (Å²) in [6.07, 6.45) is -1.31. The molecule has 1 aliphatic rings. The predicted molar refractivity (Wildman–Crippen MR) is 95.9 cm³/mol. The van der Waals surface area contributed by atoms with E-state index in [1.54, 1.807) is 0 Å². The summed E-state index contributed by atoms with van der Waals surface area (Å²) < 4.78 is 43.8. The van der Waals surface area contributed by atoms with Crippen molar-refractivity contribution in [2.24, 2.45) is 17.3 Å². The Hall–Kier alpha value is -2.05. The lowest BCUT2D eigenvalue weighted by atomic mass is 9.70. The van der Waals surface area contributed by atoms with E-state index in [4.69, 9.17) is 4.74 Å². The fourth-order valence-electron chi connectivity index (χ4n) is 3.48. The van der Waals surface area contributed by atoms with Gasteiger partial charge in [0.05, 0.1) is 17.2 Å². The number of amides is 1. The van der Waals surface area contributed by atoms with Crippen LogP contribution in [0.3, 0.4) is 0 Å². The Morgan fingerprint density at radius 1 is 1.07 bits per heavy atom. The number of alkyl halides is 3. The summed E-state index contributed by atoms with van der Waals surface area (Å²) in [7, 11) is 0.